The Balaban J connectivity index is 1.34. The predicted molar refractivity (Wildman–Crippen MR) is 236 cm³/mol. The number of para-hydroxylation sites is 2. The van der Waals surface area contributed by atoms with Gasteiger partial charge in [0.15, 0.2) is 16.8 Å². The van der Waals surface area contributed by atoms with Crippen molar-refractivity contribution in [1.82, 2.24) is 0 Å². The fraction of sp³-hybridized carbons (Fsp3) is 0.226. The van der Waals surface area contributed by atoms with Gasteiger partial charge in [-0.3, -0.25) is 24.6 Å². The van der Waals surface area contributed by atoms with Crippen LogP contribution in [-0.4, -0.2) is 36.1 Å². The zero-order valence-corrected chi connectivity index (χ0v) is 34.7. The second kappa shape index (κ2) is 14.5. The van der Waals surface area contributed by atoms with E-state index >= 15 is 19.2 Å². The van der Waals surface area contributed by atoms with E-state index in [9.17, 15) is 5.41 Å². The van der Waals surface area contributed by atoms with Crippen LogP contribution in [-0.2, 0) is 48.0 Å². The molecule has 1 saturated heterocycles. The molecule has 9 heteroatoms. The van der Waals surface area contributed by atoms with E-state index < -0.39 is 57.7 Å². The van der Waals surface area contributed by atoms with E-state index in [4.69, 9.17) is 9.47 Å². The van der Waals surface area contributed by atoms with Crippen LogP contribution in [0.15, 0.2) is 158 Å². The lowest BCUT2D eigenvalue weighted by Gasteiger charge is -2.48. The second-order valence-corrected chi connectivity index (χ2v) is 16.9. The van der Waals surface area contributed by atoms with Crippen LogP contribution in [0.4, 0.5) is 11.4 Å². The first-order valence-electron chi connectivity index (χ1n) is 21.1. The largest absolute Gasteiger partial charge is 0.467 e. The summed E-state index contributed by atoms with van der Waals surface area (Å²) >= 11 is 0. The minimum atomic E-state index is -2.27. The van der Waals surface area contributed by atoms with Crippen molar-refractivity contribution in [3.63, 3.8) is 0 Å². The molecular formula is C53H45N3O6. The Labute approximate surface area is 360 Å². The molecule has 3 heterocycles. The number of rotatable bonds is 10. The molecule has 6 aromatic rings. The van der Waals surface area contributed by atoms with Crippen LogP contribution in [0.1, 0.15) is 62.1 Å². The molecule has 4 aliphatic rings. The lowest BCUT2D eigenvalue weighted by molar-refractivity contribution is -0.155. The third kappa shape index (κ3) is 5.17. The van der Waals surface area contributed by atoms with Gasteiger partial charge in [0.25, 0.3) is 0 Å². The van der Waals surface area contributed by atoms with Crippen LogP contribution in [0.5, 0.6) is 0 Å². The molecule has 1 aliphatic carbocycles. The van der Waals surface area contributed by atoms with Crippen molar-refractivity contribution in [1.29, 1.82) is 5.41 Å². The molecule has 1 saturated carbocycles. The van der Waals surface area contributed by atoms with Crippen molar-refractivity contribution >= 4 is 40.8 Å². The number of Topliss-reactive ketones (excluding diaryl/α,β-unsaturated/α-hetero) is 1. The van der Waals surface area contributed by atoms with E-state index in [1.807, 2.05) is 159 Å². The molecule has 1 N–H and O–H groups in total. The summed E-state index contributed by atoms with van der Waals surface area (Å²) in [6, 6.07) is 48.7. The number of fused-ring (bicyclic) bond motifs is 6. The molecule has 2 amide bonds. The van der Waals surface area contributed by atoms with Gasteiger partial charge in [-0.05, 0) is 60.7 Å². The van der Waals surface area contributed by atoms with Crippen molar-refractivity contribution in [3.8, 4) is 0 Å². The molecular weight excluding hydrogens is 775 g/mol. The Bertz CT molecular complexity index is 2790. The third-order valence-corrected chi connectivity index (χ3v) is 13.7. The van der Waals surface area contributed by atoms with E-state index in [2.05, 4.69) is 0 Å². The zero-order valence-electron chi connectivity index (χ0n) is 34.7. The number of ketones is 1. The molecule has 6 aromatic carbocycles. The first-order valence-corrected chi connectivity index (χ1v) is 21.1. The van der Waals surface area contributed by atoms with Gasteiger partial charge < -0.3 is 19.3 Å². The van der Waals surface area contributed by atoms with Crippen molar-refractivity contribution < 1.29 is 28.7 Å². The Morgan fingerprint density at radius 2 is 1.23 bits per heavy atom. The summed E-state index contributed by atoms with van der Waals surface area (Å²) in [5.74, 6) is -6.79. The van der Waals surface area contributed by atoms with Gasteiger partial charge in [0.1, 0.15) is 5.41 Å². The minimum absolute atomic E-state index is 0.0868. The summed E-state index contributed by atoms with van der Waals surface area (Å²) in [7, 11) is 0. The van der Waals surface area contributed by atoms with Gasteiger partial charge in [-0.15, -0.1) is 0 Å². The van der Waals surface area contributed by atoms with E-state index in [-0.39, 0.29) is 31.2 Å². The smallest absolute Gasteiger partial charge is 0.322 e. The summed E-state index contributed by atoms with van der Waals surface area (Å²) in [5, 5.41) is 10.1. The van der Waals surface area contributed by atoms with Gasteiger partial charge in [0.2, 0.25) is 17.7 Å². The Kier molecular flexibility index (Phi) is 9.14. The monoisotopic (exact) mass is 819 g/mol. The third-order valence-electron chi connectivity index (χ3n) is 13.7. The molecule has 0 aromatic heterocycles. The van der Waals surface area contributed by atoms with Gasteiger partial charge >= 0.3 is 5.97 Å². The number of hydrogen-bond donors (Lipinski definition) is 1. The number of esters is 1. The molecule has 62 heavy (non-hydrogen) atoms. The number of anilines is 2. The van der Waals surface area contributed by atoms with Crippen LogP contribution in [0.3, 0.4) is 0 Å². The van der Waals surface area contributed by atoms with Gasteiger partial charge in [0.05, 0.1) is 31.5 Å². The number of hydrogen-bond acceptors (Lipinski definition) is 7. The van der Waals surface area contributed by atoms with Crippen molar-refractivity contribution in [2.75, 3.05) is 16.4 Å². The zero-order chi connectivity index (χ0) is 43.0. The average molecular weight is 820 g/mol. The van der Waals surface area contributed by atoms with Crippen LogP contribution in [0, 0.1) is 36.5 Å². The van der Waals surface area contributed by atoms with Crippen LogP contribution < -0.4 is 9.80 Å². The summed E-state index contributed by atoms with van der Waals surface area (Å²) in [5.41, 5.74) is 0.345. The number of carbonyl (C=O) groups is 4. The standard InChI is InChI=1S/C53H45N3O6/c1-4-61-50(60)51-45(43-39-19-11-13-21-41(39)55(47(43)58)31-35-15-7-5-8-16-35)53(62-48(51)54,38-29-25-34(3)26-30-38)52(46(51)44(57)37-27-23-33(2)24-28-37)40-20-12-14-22-42(40)56(49(52)59)32-36-17-9-6-10-18-36/h5-30,43,45-46,54H,4,31-32H2,1-3H3/t43-,45+,46-,51+,52-,53+/m1/s1. The van der Waals surface area contributed by atoms with Crippen molar-refractivity contribution in [2.24, 2.45) is 17.3 Å². The van der Waals surface area contributed by atoms with Gasteiger partial charge in [-0.25, -0.2) is 0 Å². The molecule has 2 bridgehead atoms. The van der Waals surface area contributed by atoms with E-state index in [0.717, 1.165) is 22.3 Å². The maximum atomic E-state index is 16.6. The van der Waals surface area contributed by atoms with Gasteiger partial charge in [-0.1, -0.05) is 157 Å². The Morgan fingerprint density at radius 1 is 0.677 bits per heavy atom. The number of nitrogens with zero attached hydrogens (tertiary/aromatic N) is 2. The van der Waals surface area contributed by atoms with E-state index in [0.29, 0.717) is 28.1 Å². The van der Waals surface area contributed by atoms with E-state index in [1.54, 1.807) is 28.9 Å². The number of nitrogens with one attached hydrogen (secondary N) is 1. The first-order chi connectivity index (χ1) is 30.1. The fourth-order valence-corrected chi connectivity index (χ4v) is 11.3. The SMILES string of the molecule is CCOC(=O)[C@@]12C(=N)O[C@@](c3ccc(C)cc3)([C@H]1[C@@H]1C(=O)N(Cc3ccccc3)c3ccccc31)[C@@]1(C(=O)N(Cc3ccccc3)c3ccccc31)[C@@H]2C(=O)c1ccc(C)cc1. The molecule has 1 spiro atoms. The number of benzene rings is 6. The van der Waals surface area contributed by atoms with Crippen LogP contribution in [0.25, 0.3) is 0 Å². The van der Waals surface area contributed by atoms with Crippen LogP contribution >= 0.6 is 0 Å². The quantitative estimate of drug-likeness (QED) is 0.109. The highest BCUT2D eigenvalue weighted by atomic mass is 16.6. The molecule has 3 aliphatic heterocycles. The average Bonchev–Trinajstić information content (AvgIpc) is 3.89. The Morgan fingerprint density at radius 3 is 1.85 bits per heavy atom. The number of carbonyl (C=O) groups excluding carboxylic acids is 4. The number of aryl methyl sites for hydroxylation is 2. The molecule has 2 fully saturated rings. The molecule has 6 atom stereocenters. The fourth-order valence-electron chi connectivity index (χ4n) is 11.3. The van der Waals surface area contributed by atoms with Gasteiger partial charge in [-0.2, -0.15) is 0 Å². The summed E-state index contributed by atoms with van der Waals surface area (Å²) in [6.45, 7) is 5.83. The topological polar surface area (TPSA) is 117 Å². The van der Waals surface area contributed by atoms with E-state index in [1.165, 1.54) is 0 Å². The summed E-state index contributed by atoms with van der Waals surface area (Å²) in [4.78, 5) is 67.7. The van der Waals surface area contributed by atoms with Crippen molar-refractivity contribution in [2.45, 2.75) is 50.8 Å². The van der Waals surface area contributed by atoms with Crippen molar-refractivity contribution in [3.05, 3.63) is 202 Å². The molecule has 10 rings (SSSR count). The lowest BCUT2D eigenvalue weighted by Crippen LogP contribution is -2.64. The maximum Gasteiger partial charge on any atom is 0.322 e. The predicted octanol–water partition coefficient (Wildman–Crippen LogP) is 9.00. The highest BCUT2D eigenvalue weighted by Gasteiger charge is 2.93. The lowest BCUT2D eigenvalue weighted by atomic mass is 9.57. The molecule has 0 radical (unpaired) electrons. The maximum absolute atomic E-state index is 16.6. The molecule has 308 valence electrons. The normalized spacial score (nSPS) is 25.5. The van der Waals surface area contributed by atoms with Crippen LogP contribution in [0.2, 0.25) is 0 Å². The first kappa shape index (κ1) is 39.0. The Hall–Kier alpha value is -7.13. The highest BCUT2D eigenvalue weighted by Crippen LogP contribution is 2.80. The number of ether oxygens (including phenoxy) is 2. The second-order valence-electron chi connectivity index (χ2n) is 16.9. The minimum Gasteiger partial charge on any atom is -0.467 e. The summed E-state index contributed by atoms with van der Waals surface area (Å²) < 4.78 is 13.3. The highest BCUT2D eigenvalue weighted by molar-refractivity contribution is 6.23. The molecule has 0 unspecified atom stereocenters. The number of amides is 2. The summed E-state index contributed by atoms with van der Waals surface area (Å²) in [6.07, 6.45) is 0. The van der Waals surface area contributed by atoms with Gasteiger partial charge in [0, 0.05) is 22.9 Å². The molecule has 9 nitrogen and oxygen atoms in total.